The first-order chi connectivity index (χ1) is 6.25. The zero-order valence-electron chi connectivity index (χ0n) is 9.13. The van der Waals surface area contributed by atoms with E-state index in [0.29, 0.717) is 0 Å². The Balaban J connectivity index is 1.99. The van der Waals surface area contributed by atoms with Crippen LogP contribution in [0.1, 0.15) is 39.0 Å². The smallest absolute Gasteiger partial charge is 0.00921 e. The molecule has 1 atom stereocenters. The minimum Gasteiger partial charge on any atom is -0.330 e. The van der Waals surface area contributed by atoms with Gasteiger partial charge in [0.05, 0.1) is 0 Å². The number of unbranched alkanes of at least 4 members (excludes halogenated alkanes) is 2. The summed E-state index contributed by atoms with van der Waals surface area (Å²) in [5.74, 6) is 1.000. The van der Waals surface area contributed by atoms with Gasteiger partial charge < -0.3 is 10.6 Å². The molecular weight excluding hydrogens is 160 g/mol. The van der Waals surface area contributed by atoms with Crippen molar-refractivity contribution in [1.29, 1.82) is 0 Å². The highest BCUT2D eigenvalue weighted by Crippen LogP contribution is 2.34. The molecule has 2 N–H and O–H groups in total. The van der Waals surface area contributed by atoms with E-state index in [0.717, 1.165) is 18.5 Å². The quantitative estimate of drug-likeness (QED) is 0.612. The zero-order valence-corrected chi connectivity index (χ0v) is 9.13. The van der Waals surface area contributed by atoms with Crippen LogP contribution in [-0.2, 0) is 0 Å². The molecule has 0 aromatic carbocycles. The number of hydrogen-bond acceptors (Lipinski definition) is 2. The fourth-order valence-electron chi connectivity index (χ4n) is 1.82. The first-order valence-corrected chi connectivity index (χ1v) is 5.66. The summed E-state index contributed by atoms with van der Waals surface area (Å²) in [6, 6.07) is 0.804. The summed E-state index contributed by atoms with van der Waals surface area (Å²) in [6.45, 7) is 4.46. The molecule has 1 aliphatic rings. The van der Waals surface area contributed by atoms with E-state index in [4.69, 9.17) is 5.73 Å². The van der Waals surface area contributed by atoms with Crippen LogP contribution in [0.2, 0.25) is 0 Å². The molecule has 1 fully saturated rings. The summed E-state index contributed by atoms with van der Waals surface area (Å²) < 4.78 is 0. The average molecular weight is 184 g/mol. The van der Waals surface area contributed by atoms with Crippen molar-refractivity contribution in [2.24, 2.45) is 11.7 Å². The van der Waals surface area contributed by atoms with Crippen LogP contribution in [0.4, 0.5) is 0 Å². The van der Waals surface area contributed by atoms with Crippen LogP contribution in [0, 0.1) is 5.92 Å². The SMILES string of the molecule is CC(C1CC1)N(C)CCCCCN. The first-order valence-electron chi connectivity index (χ1n) is 5.66. The molecular formula is C11H24N2. The standard InChI is InChI=1S/C11H24N2/c1-10(11-6-7-11)13(2)9-5-3-4-8-12/h10-11H,3-9,12H2,1-2H3. The van der Waals surface area contributed by atoms with E-state index >= 15 is 0 Å². The van der Waals surface area contributed by atoms with Crippen LogP contribution < -0.4 is 5.73 Å². The van der Waals surface area contributed by atoms with Gasteiger partial charge in [-0.3, -0.25) is 0 Å². The van der Waals surface area contributed by atoms with E-state index in [1.165, 1.54) is 38.6 Å². The lowest BCUT2D eigenvalue weighted by molar-refractivity contribution is 0.230. The van der Waals surface area contributed by atoms with Crippen molar-refractivity contribution in [3.05, 3.63) is 0 Å². The molecule has 0 aromatic rings. The van der Waals surface area contributed by atoms with Crippen molar-refractivity contribution < 1.29 is 0 Å². The summed E-state index contributed by atoms with van der Waals surface area (Å²) in [5, 5.41) is 0. The molecule has 2 heteroatoms. The lowest BCUT2D eigenvalue weighted by Gasteiger charge is -2.24. The van der Waals surface area contributed by atoms with Gasteiger partial charge >= 0.3 is 0 Å². The molecule has 0 aliphatic heterocycles. The van der Waals surface area contributed by atoms with Gasteiger partial charge in [0, 0.05) is 6.04 Å². The van der Waals surface area contributed by atoms with Crippen molar-refractivity contribution in [2.45, 2.75) is 45.1 Å². The molecule has 1 saturated carbocycles. The van der Waals surface area contributed by atoms with Crippen LogP contribution in [0.25, 0.3) is 0 Å². The van der Waals surface area contributed by atoms with E-state index in [1.807, 2.05) is 0 Å². The third-order valence-corrected chi connectivity index (χ3v) is 3.21. The van der Waals surface area contributed by atoms with Crippen molar-refractivity contribution >= 4 is 0 Å². The summed E-state index contributed by atoms with van der Waals surface area (Å²) in [7, 11) is 2.26. The fourth-order valence-corrected chi connectivity index (χ4v) is 1.82. The number of rotatable bonds is 7. The molecule has 0 bridgehead atoms. The minimum absolute atomic E-state index is 0.804. The molecule has 1 unspecified atom stereocenters. The highest BCUT2D eigenvalue weighted by atomic mass is 15.1. The lowest BCUT2D eigenvalue weighted by Crippen LogP contribution is -2.31. The summed E-state index contributed by atoms with van der Waals surface area (Å²) >= 11 is 0. The van der Waals surface area contributed by atoms with Crippen LogP contribution in [-0.4, -0.2) is 31.1 Å². The molecule has 1 rings (SSSR count). The van der Waals surface area contributed by atoms with Gasteiger partial charge in [0.1, 0.15) is 0 Å². The second-order valence-corrected chi connectivity index (χ2v) is 4.41. The third kappa shape index (κ3) is 4.10. The molecule has 78 valence electrons. The molecule has 2 nitrogen and oxygen atoms in total. The molecule has 13 heavy (non-hydrogen) atoms. The Hall–Kier alpha value is -0.0800. The maximum atomic E-state index is 5.45. The molecule has 0 radical (unpaired) electrons. The van der Waals surface area contributed by atoms with Crippen molar-refractivity contribution in [1.82, 2.24) is 4.90 Å². The number of nitrogens with two attached hydrogens (primary N) is 1. The van der Waals surface area contributed by atoms with Gasteiger partial charge in [-0.05, 0) is 58.7 Å². The Morgan fingerprint density at radius 1 is 1.31 bits per heavy atom. The van der Waals surface area contributed by atoms with Crippen LogP contribution in [0.3, 0.4) is 0 Å². The van der Waals surface area contributed by atoms with Crippen molar-refractivity contribution in [3.8, 4) is 0 Å². The largest absolute Gasteiger partial charge is 0.330 e. The van der Waals surface area contributed by atoms with E-state index in [-0.39, 0.29) is 0 Å². The van der Waals surface area contributed by atoms with Gasteiger partial charge in [-0.1, -0.05) is 6.42 Å². The Bertz CT molecular complexity index is 132. The van der Waals surface area contributed by atoms with E-state index in [1.54, 1.807) is 0 Å². The topological polar surface area (TPSA) is 29.3 Å². The van der Waals surface area contributed by atoms with Crippen LogP contribution in [0.15, 0.2) is 0 Å². The normalized spacial score (nSPS) is 19.4. The minimum atomic E-state index is 0.804. The predicted molar refractivity (Wildman–Crippen MR) is 57.7 cm³/mol. The Labute approximate surface area is 82.5 Å². The highest BCUT2D eigenvalue weighted by Gasteiger charge is 2.29. The van der Waals surface area contributed by atoms with Crippen molar-refractivity contribution in [2.75, 3.05) is 20.1 Å². The molecule has 0 heterocycles. The maximum Gasteiger partial charge on any atom is 0.00921 e. The van der Waals surface area contributed by atoms with Crippen LogP contribution in [0.5, 0.6) is 0 Å². The molecule has 0 spiro atoms. The maximum absolute atomic E-state index is 5.45. The molecule has 0 amide bonds. The van der Waals surface area contributed by atoms with E-state index < -0.39 is 0 Å². The van der Waals surface area contributed by atoms with Gasteiger partial charge in [0.25, 0.3) is 0 Å². The second-order valence-electron chi connectivity index (χ2n) is 4.41. The summed E-state index contributed by atoms with van der Waals surface area (Å²) in [5.41, 5.74) is 5.45. The number of nitrogens with zero attached hydrogens (tertiary/aromatic N) is 1. The lowest BCUT2D eigenvalue weighted by atomic mass is 10.1. The van der Waals surface area contributed by atoms with Gasteiger partial charge in [0.2, 0.25) is 0 Å². The molecule has 1 aliphatic carbocycles. The van der Waals surface area contributed by atoms with E-state index in [2.05, 4.69) is 18.9 Å². The van der Waals surface area contributed by atoms with Crippen molar-refractivity contribution in [3.63, 3.8) is 0 Å². The Morgan fingerprint density at radius 3 is 2.54 bits per heavy atom. The summed E-state index contributed by atoms with van der Waals surface area (Å²) in [4.78, 5) is 2.51. The predicted octanol–water partition coefficient (Wildman–Crippen LogP) is 1.85. The third-order valence-electron chi connectivity index (χ3n) is 3.21. The summed E-state index contributed by atoms with van der Waals surface area (Å²) in [6.07, 6.45) is 6.69. The van der Waals surface area contributed by atoms with Gasteiger partial charge in [-0.25, -0.2) is 0 Å². The monoisotopic (exact) mass is 184 g/mol. The number of hydrogen-bond donors (Lipinski definition) is 1. The highest BCUT2D eigenvalue weighted by molar-refractivity contribution is 4.83. The molecule has 0 saturated heterocycles. The van der Waals surface area contributed by atoms with Gasteiger partial charge in [-0.15, -0.1) is 0 Å². The Kier molecular flexibility index (Phi) is 4.74. The first kappa shape index (κ1) is 11.0. The molecule has 0 aromatic heterocycles. The van der Waals surface area contributed by atoms with E-state index in [9.17, 15) is 0 Å². The average Bonchev–Trinajstić information content (AvgIpc) is 2.94. The zero-order chi connectivity index (χ0) is 9.68. The Morgan fingerprint density at radius 2 is 2.00 bits per heavy atom. The van der Waals surface area contributed by atoms with Gasteiger partial charge in [-0.2, -0.15) is 0 Å². The van der Waals surface area contributed by atoms with Gasteiger partial charge in [0.15, 0.2) is 0 Å². The second kappa shape index (κ2) is 5.61. The fraction of sp³-hybridized carbons (Fsp3) is 1.00. The van der Waals surface area contributed by atoms with Crippen LogP contribution >= 0.6 is 0 Å².